The van der Waals surface area contributed by atoms with Crippen molar-refractivity contribution < 1.29 is 18.3 Å². The van der Waals surface area contributed by atoms with Gasteiger partial charge in [-0.15, -0.1) is 0 Å². The maximum Gasteiger partial charge on any atom is 0.317 e. The number of hydrogen-bond acceptors (Lipinski definition) is 4. The molecule has 0 bridgehead atoms. The lowest BCUT2D eigenvalue weighted by atomic mass is 10.1. The summed E-state index contributed by atoms with van der Waals surface area (Å²) >= 11 is 0. The number of carbonyl (C=O) groups is 1. The third kappa shape index (κ3) is 4.59. The van der Waals surface area contributed by atoms with Crippen molar-refractivity contribution in [1.82, 2.24) is 9.21 Å². The van der Waals surface area contributed by atoms with Gasteiger partial charge in [0, 0.05) is 19.1 Å². The van der Waals surface area contributed by atoms with E-state index in [4.69, 9.17) is 5.11 Å². The van der Waals surface area contributed by atoms with Crippen molar-refractivity contribution in [3.63, 3.8) is 0 Å². The predicted octanol–water partition coefficient (Wildman–Crippen LogP) is 2.17. The topological polar surface area (TPSA) is 77.9 Å². The van der Waals surface area contributed by atoms with Gasteiger partial charge in [0.15, 0.2) is 0 Å². The van der Waals surface area contributed by atoms with Crippen LogP contribution < -0.4 is 0 Å². The van der Waals surface area contributed by atoms with Crippen molar-refractivity contribution >= 4 is 16.0 Å². The third-order valence-corrected chi connectivity index (χ3v) is 7.07. The molecule has 25 heavy (non-hydrogen) atoms. The minimum atomic E-state index is -3.54. The Balaban J connectivity index is 2.20. The summed E-state index contributed by atoms with van der Waals surface area (Å²) in [6.07, 6.45) is 2.19. The molecule has 0 aromatic heterocycles. The molecule has 7 heteroatoms. The van der Waals surface area contributed by atoms with Gasteiger partial charge < -0.3 is 5.11 Å². The van der Waals surface area contributed by atoms with Gasteiger partial charge in [0.05, 0.1) is 11.4 Å². The first-order valence-electron chi connectivity index (χ1n) is 8.63. The molecule has 1 atom stereocenters. The van der Waals surface area contributed by atoms with Gasteiger partial charge in [0.25, 0.3) is 0 Å². The van der Waals surface area contributed by atoms with Gasteiger partial charge in [0.2, 0.25) is 10.0 Å². The van der Waals surface area contributed by atoms with Crippen molar-refractivity contribution in [2.75, 3.05) is 26.7 Å². The molecule has 0 saturated carbocycles. The molecule has 1 fully saturated rings. The number of likely N-dealkylation sites (N-methyl/N-ethyl adjacent to an activating group) is 1. The number of aliphatic carboxylic acids is 1. The van der Waals surface area contributed by atoms with Gasteiger partial charge >= 0.3 is 5.97 Å². The molecule has 0 amide bonds. The van der Waals surface area contributed by atoms with Crippen molar-refractivity contribution in [3.8, 4) is 0 Å². The lowest BCUT2D eigenvalue weighted by molar-refractivity contribution is -0.138. The lowest BCUT2D eigenvalue weighted by Crippen LogP contribution is -2.37. The van der Waals surface area contributed by atoms with Gasteiger partial charge in [0.1, 0.15) is 0 Å². The SMILES string of the molecule is Cc1cc(C)c(S(=O)(=O)N2CCCC(N(C)CC(=O)O)CC2)c(C)c1. The van der Waals surface area contributed by atoms with E-state index in [9.17, 15) is 13.2 Å². The van der Waals surface area contributed by atoms with E-state index in [1.54, 1.807) is 16.3 Å². The molecule has 1 heterocycles. The summed E-state index contributed by atoms with van der Waals surface area (Å²) < 4.78 is 27.9. The molecule has 1 saturated heterocycles. The zero-order valence-corrected chi connectivity index (χ0v) is 16.3. The first kappa shape index (κ1) is 19.9. The van der Waals surface area contributed by atoms with E-state index in [1.807, 2.05) is 32.9 Å². The maximum absolute atomic E-state index is 13.2. The summed E-state index contributed by atoms with van der Waals surface area (Å²) in [5.74, 6) is -0.859. The normalized spacial score (nSPS) is 19.8. The van der Waals surface area contributed by atoms with Crippen LogP contribution in [0.5, 0.6) is 0 Å². The zero-order valence-electron chi connectivity index (χ0n) is 15.4. The quantitative estimate of drug-likeness (QED) is 0.862. The summed E-state index contributed by atoms with van der Waals surface area (Å²) in [6, 6.07) is 3.90. The van der Waals surface area contributed by atoms with E-state index in [0.29, 0.717) is 24.4 Å². The second-order valence-corrected chi connectivity index (χ2v) is 8.90. The van der Waals surface area contributed by atoms with Crippen molar-refractivity contribution in [2.24, 2.45) is 0 Å². The van der Waals surface area contributed by atoms with Crippen LogP contribution in [0.2, 0.25) is 0 Å². The van der Waals surface area contributed by atoms with Crippen LogP contribution in [0.4, 0.5) is 0 Å². The van der Waals surface area contributed by atoms with Crippen LogP contribution in [-0.2, 0) is 14.8 Å². The molecule has 140 valence electrons. The van der Waals surface area contributed by atoms with E-state index in [0.717, 1.165) is 29.5 Å². The van der Waals surface area contributed by atoms with Gasteiger partial charge in [-0.2, -0.15) is 4.31 Å². The summed E-state index contributed by atoms with van der Waals surface area (Å²) in [7, 11) is -1.75. The highest BCUT2D eigenvalue weighted by molar-refractivity contribution is 7.89. The largest absolute Gasteiger partial charge is 0.480 e. The number of benzene rings is 1. The Morgan fingerprint density at radius 2 is 1.80 bits per heavy atom. The van der Waals surface area contributed by atoms with Crippen LogP contribution in [0.3, 0.4) is 0 Å². The second kappa shape index (κ2) is 7.85. The van der Waals surface area contributed by atoms with Gasteiger partial charge in [-0.1, -0.05) is 17.7 Å². The number of sulfonamides is 1. The maximum atomic E-state index is 13.2. The lowest BCUT2D eigenvalue weighted by Gasteiger charge is -2.26. The fourth-order valence-corrected chi connectivity index (χ4v) is 5.68. The molecule has 0 radical (unpaired) electrons. The Morgan fingerprint density at radius 1 is 1.20 bits per heavy atom. The molecular formula is C18H28N2O4S. The Kier molecular flexibility index (Phi) is 6.24. The number of hydrogen-bond donors (Lipinski definition) is 1. The number of aryl methyl sites for hydroxylation is 3. The van der Waals surface area contributed by atoms with E-state index < -0.39 is 16.0 Å². The van der Waals surface area contributed by atoms with Gasteiger partial charge in [-0.25, -0.2) is 8.42 Å². The van der Waals surface area contributed by atoms with Crippen LogP contribution in [0.15, 0.2) is 17.0 Å². The average Bonchev–Trinajstić information content (AvgIpc) is 2.71. The molecule has 6 nitrogen and oxygen atoms in total. The summed E-state index contributed by atoms with van der Waals surface area (Å²) in [5, 5.41) is 8.95. The fraction of sp³-hybridized carbons (Fsp3) is 0.611. The highest BCUT2D eigenvalue weighted by atomic mass is 32.2. The monoisotopic (exact) mass is 368 g/mol. The molecule has 1 unspecified atom stereocenters. The summed E-state index contributed by atoms with van der Waals surface area (Å²) in [5.41, 5.74) is 2.61. The number of carboxylic acids is 1. The molecule has 0 spiro atoms. The number of rotatable bonds is 5. The van der Waals surface area contributed by atoms with Crippen LogP contribution in [0.1, 0.15) is 36.0 Å². The first-order chi connectivity index (χ1) is 11.6. The zero-order chi connectivity index (χ0) is 18.8. The molecule has 1 N–H and O–H groups in total. The highest BCUT2D eigenvalue weighted by Crippen LogP contribution is 2.27. The van der Waals surface area contributed by atoms with E-state index in [2.05, 4.69) is 0 Å². The fourth-order valence-electron chi connectivity index (χ4n) is 3.78. The second-order valence-electron chi connectivity index (χ2n) is 7.03. The van der Waals surface area contributed by atoms with Gasteiger partial charge in [-0.05, 0) is 58.2 Å². The number of nitrogens with zero attached hydrogens (tertiary/aromatic N) is 2. The van der Waals surface area contributed by atoms with Crippen molar-refractivity contribution in [3.05, 3.63) is 28.8 Å². The molecule has 2 rings (SSSR count). The van der Waals surface area contributed by atoms with Crippen LogP contribution in [0.25, 0.3) is 0 Å². The highest BCUT2D eigenvalue weighted by Gasteiger charge is 2.31. The van der Waals surface area contributed by atoms with Crippen molar-refractivity contribution in [2.45, 2.75) is 51.0 Å². The Morgan fingerprint density at radius 3 is 2.36 bits per heavy atom. The molecule has 1 aliphatic heterocycles. The Labute approximate surface area is 150 Å². The van der Waals surface area contributed by atoms with Crippen LogP contribution in [0, 0.1) is 20.8 Å². The predicted molar refractivity (Wildman–Crippen MR) is 97.3 cm³/mol. The minimum Gasteiger partial charge on any atom is -0.480 e. The number of carboxylic acid groups (broad SMARTS) is 1. The van der Waals surface area contributed by atoms with Gasteiger partial charge in [-0.3, -0.25) is 9.69 Å². The third-order valence-electron chi connectivity index (χ3n) is 4.87. The van der Waals surface area contributed by atoms with E-state index in [-0.39, 0.29) is 12.6 Å². The standard InChI is InChI=1S/C18H28N2O4S/c1-13-10-14(2)18(15(3)11-13)25(23,24)20-8-5-6-16(7-9-20)19(4)12-17(21)22/h10-11,16H,5-9,12H2,1-4H3,(H,21,22). The van der Waals surface area contributed by atoms with Crippen LogP contribution >= 0.6 is 0 Å². The molecular weight excluding hydrogens is 340 g/mol. The minimum absolute atomic E-state index is 0.0202. The smallest absolute Gasteiger partial charge is 0.317 e. The Bertz CT molecular complexity index is 722. The molecule has 0 aliphatic carbocycles. The molecule has 1 aliphatic rings. The van der Waals surface area contributed by atoms with E-state index in [1.165, 1.54) is 0 Å². The molecule has 1 aromatic carbocycles. The molecule has 1 aromatic rings. The van der Waals surface area contributed by atoms with Crippen molar-refractivity contribution in [1.29, 1.82) is 0 Å². The average molecular weight is 368 g/mol. The van der Waals surface area contributed by atoms with E-state index >= 15 is 0 Å². The Hall–Kier alpha value is -1.44. The van der Waals surface area contributed by atoms with Crippen LogP contribution in [-0.4, -0.2) is 61.4 Å². The first-order valence-corrected chi connectivity index (χ1v) is 10.1. The summed E-state index contributed by atoms with van der Waals surface area (Å²) in [4.78, 5) is 13.1. The summed E-state index contributed by atoms with van der Waals surface area (Å²) in [6.45, 7) is 6.53.